The number of fused-ring (bicyclic) bond motifs is 3. The van der Waals surface area contributed by atoms with E-state index in [1.165, 1.54) is 93.1 Å². The summed E-state index contributed by atoms with van der Waals surface area (Å²) in [5, 5.41) is 31.7. The van der Waals surface area contributed by atoms with E-state index in [9.17, 15) is 56.0 Å². The lowest BCUT2D eigenvalue weighted by Gasteiger charge is -2.16. The quantitative estimate of drug-likeness (QED) is 0.0548. The molecule has 0 saturated heterocycles. The van der Waals surface area contributed by atoms with Crippen molar-refractivity contribution in [3.8, 4) is 17.2 Å². The number of aromatic carboxylic acids is 2. The van der Waals surface area contributed by atoms with Gasteiger partial charge in [0.1, 0.15) is 68.1 Å². The van der Waals surface area contributed by atoms with Crippen LogP contribution in [0.25, 0.3) is 32.7 Å². The number of aromatic nitrogens is 3. The van der Waals surface area contributed by atoms with Gasteiger partial charge in [-0.3, -0.25) is 15.0 Å². The molecule has 12 nitrogen and oxygen atoms in total. The predicted octanol–water partition coefficient (Wildman–Crippen LogP) is 16.4. The van der Waals surface area contributed by atoms with Gasteiger partial charge in [-0.2, -0.15) is 0 Å². The second-order valence-corrected chi connectivity index (χ2v) is 22.0. The van der Waals surface area contributed by atoms with E-state index in [-0.39, 0.29) is 63.9 Å². The summed E-state index contributed by atoms with van der Waals surface area (Å²) in [6.07, 6.45) is 7.80. The summed E-state index contributed by atoms with van der Waals surface area (Å²) in [4.78, 5) is 49.5. The van der Waals surface area contributed by atoms with Gasteiger partial charge in [0.05, 0.1) is 20.8 Å². The lowest BCUT2D eigenvalue weighted by Crippen LogP contribution is -2.09. The normalized spacial score (nSPS) is 10.9. The fourth-order valence-electron chi connectivity index (χ4n) is 11.0. The number of hydrogen-bond donors (Lipinski definition) is 3. The number of phenols is 1. The summed E-state index contributed by atoms with van der Waals surface area (Å²) < 4.78 is 95.8. The lowest BCUT2D eigenvalue weighted by atomic mass is 9.95. The second-order valence-electron chi connectivity index (χ2n) is 22.0. The Hall–Kier alpha value is -11.4. The smallest absolute Gasteiger partial charge is 0.342 e. The molecule has 0 atom stereocenters. The molecule has 12 aromatic rings. The molecule has 3 heterocycles. The number of halogens is 6. The van der Waals surface area contributed by atoms with E-state index in [1.807, 2.05) is 18.2 Å². The first-order chi connectivity index (χ1) is 45.3. The molecule has 0 saturated carbocycles. The molecule has 0 fully saturated rings. The van der Waals surface area contributed by atoms with E-state index in [2.05, 4.69) is 15.0 Å². The van der Waals surface area contributed by atoms with Crippen molar-refractivity contribution in [2.24, 2.45) is 0 Å². The minimum absolute atomic E-state index is 0.0193. The number of esters is 1. The maximum absolute atomic E-state index is 13.4. The SMILES string of the molecule is CCOC(=O)c1cc(Cc2ccc(F)cc2)c2cc(Cc3ccc(F)cc3)cnc2c1OC.COc1c(C(=O)O)cc(Cc2ccc(F)cc2)c2cc(Cc3ccc(F)cc3)cnc12.O=C(O)c1cc(Cc2ccc(F)cc2)c2cc(Cc3ccc(F)cc3)cnc2c1O. The van der Waals surface area contributed by atoms with Crippen LogP contribution in [-0.2, 0) is 43.3 Å². The van der Waals surface area contributed by atoms with Gasteiger partial charge >= 0.3 is 17.9 Å². The summed E-state index contributed by atoms with van der Waals surface area (Å²) in [5.41, 5.74) is 11.4. The third-order valence-corrected chi connectivity index (χ3v) is 15.5. The molecule has 3 N–H and O–H groups in total. The molecule has 0 radical (unpaired) electrons. The number of carboxylic acids is 2. The zero-order valence-electron chi connectivity index (χ0n) is 50.9. The van der Waals surface area contributed by atoms with Crippen molar-refractivity contribution in [3.63, 3.8) is 0 Å². The highest BCUT2D eigenvalue weighted by Crippen LogP contribution is 2.37. The molecule has 9 aromatic carbocycles. The number of nitrogens with zero attached hydrogens (tertiary/aromatic N) is 3. The van der Waals surface area contributed by atoms with Crippen molar-refractivity contribution in [2.75, 3.05) is 20.8 Å². The minimum atomic E-state index is -1.26. The monoisotopic (exact) mass is 1270 g/mol. The van der Waals surface area contributed by atoms with Gasteiger partial charge in [-0.25, -0.2) is 40.7 Å². The van der Waals surface area contributed by atoms with Crippen molar-refractivity contribution < 1.29 is 70.3 Å². The number of benzene rings is 9. The summed E-state index contributed by atoms with van der Waals surface area (Å²) in [7, 11) is 2.90. The molecule has 0 amide bonds. The van der Waals surface area contributed by atoms with Gasteiger partial charge < -0.3 is 29.5 Å². The Morgan fingerprint density at radius 3 is 0.926 bits per heavy atom. The molecular formula is C76H59F6N3O9. The zero-order chi connectivity index (χ0) is 66.6. The Balaban J connectivity index is 0.000000154. The van der Waals surface area contributed by atoms with E-state index in [4.69, 9.17) is 14.2 Å². The Kier molecular flexibility index (Phi) is 20.7. The molecule has 0 aliphatic carbocycles. The van der Waals surface area contributed by atoms with E-state index in [0.29, 0.717) is 71.8 Å². The van der Waals surface area contributed by atoms with Crippen molar-refractivity contribution in [2.45, 2.75) is 45.4 Å². The molecule has 18 heteroatoms. The number of hydrogen-bond acceptors (Lipinski definition) is 10. The number of pyridine rings is 3. The van der Waals surface area contributed by atoms with Crippen LogP contribution in [0.15, 0.2) is 201 Å². The van der Waals surface area contributed by atoms with Crippen LogP contribution in [0.5, 0.6) is 17.2 Å². The van der Waals surface area contributed by atoms with Crippen LogP contribution in [0.3, 0.4) is 0 Å². The number of carbonyl (C=O) groups excluding carboxylic acids is 1. The molecule has 3 aromatic heterocycles. The number of methoxy groups -OCH3 is 2. The van der Waals surface area contributed by atoms with Crippen molar-refractivity contribution >= 4 is 50.6 Å². The van der Waals surface area contributed by atoms with E-state index < -0.39 is 23.7 Å². The Labute approximate surface area is 536 Å². The van der Waals surface area contributed by atoms with Crippen LogP contribution in [-0.4, -0.2) is 69.0 Å². The van der Waals surface area contributed by atoms with E-state index in [1.54, 1.807) is 110 Å². The van der Waals surface area contributed by atoms with Crippen LogP contribution >= 0.6 is 0 Å². The van der Waals surface area contributed by atoms with Gasteiger partial charge in [-0.05, 0) is 221 Å². The van der Waals surface area contributed by atoms with Crippen LogP contribution < -0.4 is 9.47 Å². The third-order valence-electron chi connectivity index (χ3n) is 15.5. The number of ether oxygens (including phenoxy) is 3. The average molecular weight is 1270 g/mol. The van der Waals surface area contributed by atoms with Crippen molar-refractivity contribution in [3.05, 3.63) is 319 Å². The highest BCUT2D eigenvalue weighted by molar-refractivity contribution is 6.03. The highest BCUT2D eigenvalue weighted by atomic mass is 19.1. The number of rotatable bonds is 18. The average Bonchev–Trinajstić information content (AvgIpc) is 0.786. The van der Waals surface area contributed by atoms with Crippen LogP contribution in [0.4, 0.5) is 26.3 Å². The fraction of sp³-hybridized carbons (Fsp3) is 0.132. The number of aromatic hydroxyl groups is 1. The maximum atomic E-state index is 13.4. The Morgan fingerprint density at radius 2 is 0.628 bits per heavy atom. The lowest BCUT2D eigenvalue weighted by molar-refractivity contribution is 0.0521. The molecule has 0 unspecified atom stereocenters. The first-order valence-electron chi connectivity index (χ1n) is 29.5. The highest BCUT2D eigenvalue weighted by Gasteiger charge is 2.24. The summed E-state index contributed by atoms with van der Waals surface area (Å²) >= 11 is 0. The van der Waals surface area contributed by atoms with Crippen LogP contribution in [0, 0.1) is 34.9 Å². The summed E-state index contributed by atoms with van der Waals surface area (Å²) in [6, 6.07) is 47.5. The molecule has 0 aliphatic heterocycles. The maximum Gasteiger partial charge on any atom is 0.342 e. The van der Waals surface area contributed by atoms with Gasteiger partial charge in [0.15, 0.2) is 17.2 Å². The minimum Gasteiger partial charge on any atom is -0.505 e. The predicted molar refractivity (Wildman–Crippen MR) is 345 cm³/mol. The third kappa shape index (κ3) is 16.0. The van der Waals surface area contributed by atoms with Gasteiger partial charge in [0.2, 0.25) is 0 Å². The Bertz CT molecular complexity index is 4730. The van der Waals surface area contributed by atoms with E-state index >= 15 is 0 Å². The molecule has 0 spiro atoms. The van der Waals surface area contributed by atoms with Crippen molar-refractivity contribution in [1.29, 1.82) is 0 Å². The molecule has 94 heavy (non-hydrogen) atoms. The number of carbonyl (C=O) groups is 3. The fourth-order valence-corrected chi connectivity index (χ4v) is 11.0. The first-order valence-corrected chi connectivity index (χ1v) is 29.5. The molecule has 474 valence electrons. The van der Waals surface area contributed by atoms with Gasteiger partial charge in [0, 0.05) is 34.7 Å². The standard InChI is InChI=1S/C27H23F2NO3.C25H19F2NO3.C24H17F2NO3/c1-3-33-27(31)24-15-20(13-18-6-10-22(29)11-7-18)23-14-19(16-30-25(23)26(24)32-2)12-17-4-8-21(28)9-5-17;1-31-24-22(25(29)30)13-18(11-16-4-8-20(27)9-5-16)21-12-17(14-28-23(21)24)10-15-2-6-19(26)7-3-15;25-18-5-1-14(2-6-18)9-16-11-20-17(10-15-3-7-19(26)8-4-15)12-21(24(29)30)23(28)22(20)27-13-16/h4-11,14-16H,3,12-13H2,1-2H3;2-9,12-14H,10-11H2,1H3,(H,29,30);1-8,11-13,28H,9-10H2,(H,29,30). The summed E-state index contributed by atoms with van der Waals surface area (Å²) in [6.45, 7) is 1.97. The Morgan fingerprint density at radius 1 is 0.362 bits per heavy atom. The van der Waals surface area contributed by atoms with Crippen molar-refractivity contribution in [1.82, 2.24) is 15.0 Å². The van der Waals surface area contributed by atoms with Gasteiger partial charge in [0.25, 0.3) is 0 Å². The molecule has 12 rings (SSSR count). The van der Waals surface area contributed by atoms with Crippen LogP contribution in [0.1, 0.15) is 105 Å². The van der Waals surface area contributed by atoms with Gasteiger partial charge in [-0.1, -0.05) is 72.8 Å². The summed E-state index contributed by atoms with van der Waals surface area (Å²) in [5.74, 6) is -4.62. The topological polar surface area (TPSA) is 178 Å². The molecular weight excluding hydrogens is 1210 g/mol. The molecule has 0 aliphatic rings. The first kappa shape index (κ1) is 65.5. The number of carboxylic acid groups (broad SMARTS) is 2. The van der Waals surface area contributed by atoms with Gasteiger partial charge in [-0.15, -0.1) is 0 Å². The van der Waals surface area contributed by atoms with Crippen LogP contribution in [0.2, 0.25) is 0 Å². The largest absolute Gasteiger partial charge is 0.505 e. The molecule has 0 bridgehead atoms. The zero-order valence-corrected chi connectivity index (χ0v) is 50.9. The van der Waals surface area contributed by atoms with E-state index in [0.717, 1.165) is 72.0 Å². The second kappa shape index (κ2) is 29.7.